The van der Waals surface area contributed by atoms with Crippen LogP contribution in [-0.2, 0) is 16.1 Å². The molecule has 1 N–H and O–H groups in total. The Morgan fingerprint density at radius 2 is 2.19 bits per heavy atom. The van der Waals surface area contributed by atoms with Gasteiger partial charge in [0.15, 0.2) is 0 Å². The van der Waals surface area contributed by atoms with Gasteiger partial charge in [0, 0.05) is 29.9 Å². The lowest BCUT2D eigenvalue weighted by Crippen LogP contribution is -2.38. The molecule has 1 atom stereocenters. The average Bonchev–Trinajstić information content (AvgIpc) is 3.10. The van der Waals surface area contributed by atoms with E-state index in [1.165, 1.54) is 12.1 Å². The number of nitrogens with one attached hydrogen (secondary N) is 1. The number of carbonyl (C=O) groups excluding carboxylic acids is 1. The number of amides is 1. The fraction of sp³-hybridized carbons (Fsp3) is 0.381. The molecule has 0 saturated carbocycles. The Labute approximate surface area is 167 Å². The predicted molar refractivity (Wildman–Crippen MR) is 108 cm³/mol. The Balaban J connectivity index is 1.66. The largest absolute Gasteiger partial charge is 0.377 e. The third-order valence-electron chi connectivity index (χ3n) is 4.61. The van der Waals surface area contributed by atoms with E-state index in [4.69, 9.17) is 4.74 Å². The molecule has 0 spiro atoms. The van der Waals surface area contributed by atoms with Gasteiger partial charge in [0.1, 0.15) is 5.82 Å². The van der Waals surface area contributed by atoms with Crippen LogP contribution in [0.1, 0.15) is 24.0 Å². The van der Waals surface area contributed by atoms with Gasteiger partial charge in [-0.05, 0) is 61.2 Å². The van der Waals surface area contributed by atoms with Crippen molar-refractivity contribution >= 4 is 27.5 Å². The normalized spacial score (nSPS) is 16.7. The van der Waals surface area contributed by atoms with Gasteiger partial charge in [-0.3, -0.25) is 9.69 Å². The minimum atomic E-state index is -0.264. The number of anilines is 1. The van der Waals surface area contributed by atoms with E-state index >= 15 is 0 Å². The van der Waals surface area contributed by atoms with E-state index in [0.29, 0.717) is 13.1 Å². The second-order valence-corrected chi connectivity index (χ2v) is 7.86. The molecule has 1 amide bonds. The van der Waals surface area contributed by atoms with E-state index in [2.05, 4.69) is 21.2 Å². The van der Waals surface area contributed by atoms with Gasteiger partial charge in [-0.25, -0.2) is 4.39 Å². The van der Waals surface area contributed by atoms with Crippen LogP contribution in [0, 0.1) is 12.7 Å². The maximum absolute atomic E-state index is 13.5. The second kappa shape index (κ2) is 9.44. The Morgan fingerprint density at radius 1 is 1.33 bits per heavy atom. The Bertz CT molecular complexity index is 794. The average molecular weight is 435 g/mol. The molecule has 1 saturated heterocycles. The highest BCUT2D eigenvalue weighted by molar-refractivity contribution is 9.10. The number of hydrogen-bond acceptors (Lipinski definition) is 3. The second-order valence-electron chi connectivity index (χ2n) is 6.94. The minimum Gasteiger partial charge on any atom is -0.377 e. The van der Waals surface area contributed by atoms with Crippen molar-refractivity contribution in [1.29, 1.82) is 0 Å². The molecule has 27 heavy (non-hydrogen) atoms. The number of hydrogen-bond donors (Lipinski definition) is 1. The van der Waals surface area contributed by atoms with Crippen LogP contribution in [-0.4, -0.2) is 36.6 Å². The highest BCUT2D eigenvalue weighted by Crippen LogP contribution is 2.20. The van der Waals surface area contributed by atoms with Crippen molar-refractivity contribution in [1.82, 2.24) is 4.90 Å². The highest BCUT2D eigenvalue weighted by Gasteiger charge is 2.21. The van der Waals surface area contributed by atoms with E-state index < -0.39 is 0 Å². The lowest BCUT2D eigenvalue weighted by molar-refractivity contribution is -0.117. The molecule has 1 heterocycles. The summed E-state index contributed by atoms with van der Waals surface area (Å²) in [6.45, 7) is 4.11. The number of halogens is 2. The monoisotopic (exact) mass is 434 g/mol. The molecule has 0 aromatic heterocycles. The van der Waals surface area contributed by atoms with Crippen LogP contribution in [0.2, 0.25) is 0 Å². The standard InChI is InChI=1S/C21H24BrFN2O2/c1-15-10-17(22)7-8-20(15)24-21(26)14-25(13-19-6-3-9-27-19)12-16-4-2-5-18(23)11-16/h2,4-5,7-8,10-11,19H,3,6,9,12-14H2,1H3,(H,24,26). The summed E-state index contributed by atoms with van der Waals surface area (Å²) in [6.07, 6.45) is 2.16. The van der Waals surface area contributed by atoms with Crippen LogP contribution >= 0.6 is 15.9 Å². The van der Waals surface area contributed by atoms with Crippen molar-refractivity contribution in [3.8, 4) is 0 Å². The van der Waals surface area contributed by atoms with Crippen LogP contribution in [0.4, 0.5) is 10.1 Å². The van der Waals surface area contributed by atoms with Gasteiger partial charge < -0.3 is 10.1 Å². The summed E-state index contributed by atoms with van der Waals surface area (Å²) in [4.78, 5) is 14.6. The zero-order chi connectivity index (χ0) is 19.2. The van der Waals surface area contributed by atoms with Crippen molar-refractivity contribution in [3.63, 3.8) is 0 Å². The lowest BCUT2D eigenvalue weighted by Gasteiger charge is -2.25. The summed E-state index contributed by atoms with van der Waals surface area (Å²) < 4.78 is 20.2. The van der Waals surface area contributed by atoms with Gasteiger partial charge in [-0.15, -0.1) is 0 Å². The first-order valence-electron chi connectivity index (χ1n) is 9.14. The van der Waals surface area contributed by atoms with Gasteiger partial charge >= 0.3 is 0 Å². The molecule has 2 aromatic rings. The molecule has 1 aliphatic heterocycles. The van der Waals surface area contributed by atoms with Crippen molar-refractivity contribution in [2.45, 2.75) is 32.4 Å². The zero-order valence-electron chi connectivity index (χ0n) is 15.4. The summed E-state index contributed by atoms with van der Waals surface area (Å²) in [5, 5.41) is 2.97. The first-order valence-corrected chi connectivity index (χ1v) is 9.93. The number of ether oxygens (including phenoxy) is 1. The third kappa shape index (κ3) is 6.13. The topological polar surface area (TPSA) is 41.6 Å². The molecule has 1 aliphatic rings. The Morgan fingerprint density at radius 3 is 2.89 bits per heavy atom. The van der Waals surface area contributed by atoms with Crippen molar-refractivity contribution in [2.24, 2.45) is 0 Å². The van der Waals surface area contributed by atoms with Crippen LogP contribution in [0.15, 0.2) is 46.9 Å². The van der Waals surface area contributed by atoms with E-state index in [9.17, 15) is 9.18 Å². The molecule has 0 aliphatic carbocycles. The number of aryl methyl sites for hydroxylation is 1. The van der Waals surface area contributed by atoms with Crippen molar-refractivity contribution in [2.75, 3.05) is 25.0 Å². The minimum absolute atomic E-state index is 0.0881. The lowest BCUT2D eigenvalue weighted by atomic mass is 10.1. The molecule has 6 heteroatoms. The first-order chi connectivity index (χ1) is 13.0. The number of benzene rings is 2. The summed E-state index contributed by atoms with van der Waals surface area (Å²) >= 11 is 3.43. The van der Waals surface area contributed by atoms with Crippen molar-refractivity contribution < 1.29 is 13.9 Å². The summed E-state index contributed by atoms with van der Waals surface area (Å²) in [5.74, 6) is -0.352. The molecular formula is C21H24BrFN2O2. The fourth-order valence-corrected chi connectivity index (χ4v) is 3.79. The molecule has 2 aromatic carbocycles. The quantitative estimate of drug-likeness (QED) is 0.696. The highest BCUT2D eigenvalue weighted by atomic mass is 79.9. The molecule has 4 nitrogen and oxygen atoms in total. The maximum Gasteiger partial charge on any atom is 0.238 e. The number of rotatable bonds is 7. The van der Waals surface area contributed by atoms with Crippen LogP contribution in [0.3, 0.4) is 0 Å². The zero-order valence-corrected chi connectivity index (χ0v) is 17.0. The molecule has 1 unspecified atom stereocenters. The Hall–Kier alpha value is -1.76. The van der Waals surface area contributed by atoms with E-state index in [-0.39, 0.29) is 24.4 Å². The van der Waals surface area contributed by atoms with Crippen LogP contribution < -0.4 is 5.32 Å². The molecule has 0 bridgehead atoms. The van der Waals surface area contributed by atoms with Gasteiger partial charge in [0.2, 0.25) is 5.91 Å². The molecular weight excluding hydrogens is 411 g/mol. The van der Waals surface area contributed by atoms with Gasteiger partial charge in [0.05, 0.1) is 12.6 Å². The Kier molecular flexibility index (Phi) is 6.99. The van der Waals surface area contributed by atoms with Crippen molar-refractivity contribution in [3.05, 3.63) is 63.9 Å². The fourth-order valence-electron chi connectivity index (χ4n) is 3.31. The van der Waals surface area contributed by atoms with Crippen LogP contribution in [0.25, 0.3) is 0 Å². The van der Waals surface area contributed by atoms with Gasteiger partial charge in [-0.2, -0.15) is 0 Å². The number of carbonyl (C=O) groups is 1. The van der Waals surface area contributed by atoms with Crippen LogP contribution in [0.5, 0.6) is 0 Å². The van der Waals surface area contributed by atoms with E-state index in [1.807, 2.05) is 36.1 Å². The molecule has 0 radical (unpaired) electrons. The van der Waals surface area contributed by atoms with E-state index in [0.717, 1.165) is 40.7 Å². The smallest absolute Gasteiger partial charge is 0.238 e. The summed E-state index contributed by atoms with van der Waals surface area (Å²) in [7, 11) is 0. The molecule has 3 rings (SSSR count). The predicted octanol–water partition coefficient (Wildman–Crippen LogP) is 4.52. The number of nitrogens with zero attached hydrogens (tertiary/aromatic N) is 1. The third-order valence-corrected chi connectivity index (χ3v) is 5.10. The summed E-state index contributed by atoms with van der Waals surface area (Å²) in [5.41, 5.74) is 2.64. The molecule has 144 valence electrons. The summed E-state index contributed by atoms with van der Waals surface area (Å²) in [6, 6.07) is 12.3. The SMILES string of the molecule is Cc1cc(Br)ccc1NC(=O)CN(Cc1cccc(F)c1)CC1CCCO1. The first kappa shape index (κ1) is 20.0. The van der Waals surface area contributed by atoms with Gasteiger partial charge in [-0.1, -0.05) is 28.1 Å². The van der Waals surface area contributed by atoms with Gasteiger partial charge in [0.25, 0.3) is 0 Å². The van der Waals surface area contributed by atoms with E-state index in [1.54, 1.807) is 6.07 Å². The maximum atomic E-state index is 13.5. The molecule has 1 fully saturated rings.